The predicted molar refractivity (Wildman–Crippen MR) is 102 cm³/mol. The SMILES string of the molecule is O=C(CSc1nnc(-c2ccc(Cl)cc2)o1)N1CC[C@@H]2CCCC[C@@H]2C1. The van der Waals surface area contributed by atoms with E-state index in [1.165, 1.54) is 37.4 Å². The number of halogens is 1. The molecule has 2 aliphatic rings. The van der Waals surface area contributed by atoms with Gasteiger partial charge in [0.1, 0.15) is 0 Å². The molecular weight excluding hydrogens is 370 g/mol. The van der Waals surface area contributed by atoms with Gasteiger partial charge in [-0.25, -0.2) is 0 Å². The number of benzene rings is 1. The van der Waals surface area contributed by atoms with E-state index in [9.17, 15) is 4.79 Å². The zero-order valence-electron chi connectivity index (χ0n) is 14.6. The first kappa shape index (κ1) is 17.9. The van der Waals surface area contributed by atoms with Gasteiger partial charge in [-0.3, -0.25) is 4.79 Å². The summed E-state index contributed by atoms with van der Waals surface area (Å²) in [6.07, 6.45) is 6.44. The van der Waals surface area contributed by atoms with E-state index in [0.717, 1.165) is 31.0 Å². The van der Waals surface area contributed by atoms with Gasteiger partial charge in [-0.05, 0) is 48.9 Å². The van der Waals surface area contributed by atoms with E-state index in [-0.39, 0.29) is 5.91 Å². The molecule has 2 atom stereocenters. The number of hydrogen-bond donors (Lipinski definition) is 0. The van der Waals surface area contributed by atoms with Crippen molar-refractivity contribution in [1.29, 1.82) is 0 Å². The molecule has 0 spiro atoms. The van der Waals surface area contributed by atoms with Crippen LogP contribution in [0.15, 0.2) is 33.9 Å². The third kappa shape index (κ3) is 4.07. The molecule has 1 aromatic carbocycles. The van der Waals surface area contributed by atoms with Crippen LogP contribution in [0, 0.1) is 11.8 Å². The molecule has 1 saturated heterocycles. The summed E-state index contributed by atoms with van der Waals surface area (Å²) in [5, 5.41) is 9.18. The van der Waals surface area contributed by atoms with Gasteiger partial charge in [0.2, 0.25) is 11.8 Å². The maximum Gasteiger partial charge on any atom is 0.277 e. The first-order valence-corrected chi connectivity index (χ1v) is 10.6. The van der Waals surface area contributed by atoms with Gasteiger partial charge in [-0.2, -0.15) is 0 Å². The van der Waals surface area contributed by atoms with Crippen LogP contribution in [0.3, 0.4) is 0 Å². The van der Waals surface area contributed by atoms with Crippen LogP contribution in [0.25, 0.3) is 11.5 Å². The van der Waals surface area contributed by atoms with Gasteiger partial charge < -0.3 is 9.32 Å². The van der Waals surface area contributed by atoms with Gasteiger partial charge >= 0.3 is 0 Å². The molecule has 1 saturated carbocycles. The molecule has 1 aliphatic heterocycles. The third-order valence-electron chi connectivity index (χ3n) is 5.46. The Hall–Kier alpha value is -1.53. The number of amides is 1. The predicted octanol–water partition coefficient (Wildman–Crippen LogP) is 4.52. The molecule has 1 aliphatic carbocycles. The van der Waals surface area contributed by atoms with E-state index in [0.29, 0.717) is 27.8 Å². The summed E-state index contributed by atoms with van der Waals surface area (Å²) in [7, 11) is 0. The van der Waals surface area contributed by atoms with Crippen molar-refractivity contribution in [2.75, 3.05) is 18.8 Å². The maximum atomic E-state index is 12.6. The van der Waals surface area contributed by atoms with Gasteiger partial charge in [0, 0.05) is 23.7 Å². The number of likely N-dealkylation sites (tertiary alicyclic amines) is 1. The van der Waals surface area contributed by atoms with Gasteiger partial charge in [0.05, 0.1) is 5.75 Å². The third-order valence-corrected chi connectivity index (χ3v) is 6.52. The summed E-state index contributed by atoms with van der Waals surface area (Å²) >= 11 is 7.21. The van der Waals surface area contributed by atoms with Crippen LogP contribution in [0.5, 0.6) is 0 Å². The van der Waals surface area contributed by atoms with Crippen molar-refractivity contribution in [3.05, 3.63) is 29.3 Å². The molecule has 2 aromatic rings. The minimum absolute atomic E-state index is 0.172. The number of hydrogen-bond acceptors (Lipinski definition) is 5. The molecule has 0 N–H and O–H groups in total. The summed E-state index contributed by atoms with van der Waals surface area (Å²) in [5.74, 6) is 2.49. The Morgan fingerprint density at radius 2 is 1.92 bits per heavy atom. The van der Waals surface area contributed by atoms with Crippen molar-refractivity contribution in [3.8, 4) is 11.5 Å². The second-order valence-electron chi connectivity index (χ2n) is 7.10. The molecule has 0 radical (unpaired) electrons. The zero-order chi connectivity index (χ0) is 17.9. The Labute approximate surface area is 162 Å². The molecule has 26 heavy (non-hydrogen) atoms. The summed E-state index contributed by atoms with van der Waals surface area (Å²) < 4.78 is 5.66. The van der Waals surface area contributed by atoms with Crippen molar-refractivity contribution < 1.29 is 9.21 Å². The highest BCUT2D eigenvalue weighted by Crippen LogP contribution is 2.36. The lowest BCUT2D eigenvalue weighted by Crippen LogP contribution is -2.45. The molecule has 7 heteroatoms. The smallest absolute Gasteiger partial charge is 0.277 e. The quantitative estimate of drug-likeness (QED) is 0.717. The number of carbonyl (C=O) groups is 1. The van der Waals surface area contributed by atoms with E-state index in [1.807, 2.05) is 17.0 Å². The number of nitrogens with zero attached hydrogens (tertiary/aromatic N) is 3. The topological polar surface area (TPSA) is 59.2 Å². The average molecular weight is 392 g/mol. The first-order valence-electron chi connectivity index (χ1n) is 9.19. The van der Waals surface area contributed by atoms with Crippen LogP contribution in [-0.4, -0.2) is 39.8 Å². The van der Waals surface area contributed by atoms with Gasteiger partial charge in [-0.15, -0.1) is 10.2 Å². The van der Waals surface area contributed by atoms with Crippen LogP contribution >= 0.6 is 23.4 Å². The number of aromatic nitrogens is 2. The molecule has 0 unspecified atom stereocenters. The van der Waals surface area contributed by atoms with Gasteiger partial charge in [0.25, 0.3) is 5.22 Å². The first-order chi connectivity index (χ1) is 12.7. The zero-order valence-corrected chi connectivity index (χ0v) is 16.1. The lowest BCUT2D eigenvalue weighted by Gasteiger charge is -2.41. The van der Waals surface area contributed by atoms with Crippen LogP contribution in [0.4, 0.5) is 0 Å². The number of piperidine rings is 1. The molecule has 4 rings (SSSR count). The van der Waals surface area contributed by atoms with Gasteiger partial charge in [0.15, 0.2) is 0 Å². The van der Waals surface area contributed by atoms with E-state index < -0.39 is 0 Å². The number of thioether (sulfide) groups is 1. The van der Waals surface area contributed by atoms with Crippen LogP contribution < -0.4 is 0 Å². The number of rotatable bonds is 4. The van der Waals surface area contributed by atoms with Crippen LogP contribution in [0.2, 0.25) is 5.02 Å². The molecule has 1 amide bonds. The Kier molecular flexibility index (Phi) is 5.50. The molecule has 2 fully saturated rings. The molecule has 2 heterocycles. The minimum Gasteiger partial charge on any atom is -0.411 e. The summed E-state index contributed by atoms with van der Waals surface area (Å²) in [6.45, 7) is 1.81. The second-order valence-corrected chi connectivity index (χ2v) is 8.46. The average Bonchev–Trinajstić information content (AvgIpc) is 3.15. The summed E-state index contributed by atoms with van der Waals surface area (Å²) in [6, 6.07) is 7.24. The highest BCUT2D eigenvalue weighted by atomic mass is 35.5. The molecule has 1 aromatic heterocycles. The van der Waals surface area contributed by atoms with Crippen LogP contribution in [0.1, 0.15) is 32.1 Å². The Balaban J connectivity index is 1.31. The highest BCUT2D eigenvalue weighted by Gasteiger charge is 2.32. The van der Waals surface area contributed by atoms with Crippen molar-refractivity contribution >= 4 is 29.3 Å². The normalized spacial score (nSPS) is 22.9. The highest BCUT2D eigenvalue weighted by molar-refractivity contribution is 7.99. The Morgan fingerprint density at radius 3 is 2.73 bits per heavy atom. The lowest BCUT2D eigenvalue weighted by molar-refractivity contribution is -0.131. The van der Waals surface area contributed by atoms with E-state index in [1.54, 1.807) is 12.1 Å². The summed E-state index contributed by atoms with van der Waals surface area (Å²) in [4.78, 5) is 14.6. The number of carbonyl (C=O) groups excluding carboxylic acids is 1. The molecular formula is C19H22ClN3O2S. The van der Waals surface area contributed by atoms with Gasteiger partial charge in [-0.1, -0.05) is 42.6 Å². The molecule has 5 nitrogen and oxygen atoms in total. The molecule has 138 valence electrons. The van der Waals surface area contributed by atoms with Crippen molar-refractivity contribution in [1.82, 2.24) is 15.1 Å². The Morgan fingerprint density at radius 1 is 1.15 bits per heavy atom. The maximum absolute atomic E-state index is 12.6. The minimum atomic E-state index is 0.172. The number of fused-ring (bicyclic) bond motifs is 1. The largest absolute Gasteiger partial charge is 0.411 e. The second kappa shape index (κ2) is 8.01. The fourth-order valence-corrected chi connectivity index (χ4v) is 4.81. The fraction of sp³-hybridized carbons (Fsp3) is 0.526. The van der Waals surface area contributed by atoms with E-state index in [4.69, 9.17) is 16.0 Å². The monoisotopic (exact) mass is 391 g/mol. The fourth-order valence-electron chi connectivity index (χ4n) is 4.02. The van der Waals surface area contributed by atoms with Crippen molar-refractivity contribution in [2.45, 2.75) is 37.3 Å². The Bertz CT molecular complexity index is 764. The van der Waals surface area contributed by atoms with E-state index in [2.05, 4.69) is 10.2 Å². The van der Waals surface area contributed by atoms with Crippen molar-refractivity contribution in [3.63, 3.8) is 0 Å². The summed E-state index contributed by atoms with van der Waals surface area (Å²) in [5.41, 5.74) is 0.819. The van der Waals surface area contributed by atoms with Crippen molar-refractivity contribution in [2.24, 2.45) is 11.8 Å². The molecule has 0 bridgehead atoms. The standard InChI is InChI=1S/C19H22ClN3O2S/c20-16-7-5-14(6-8-16)18-21-22-19(25-18)26-12-17(24)23-10-9-13-3-1-2-4-15(13)11-23/h5-8,13,15H,1-4,9-12H2/t13-,15+/m0/s1. The van der Waals surface area contributed by atoms with Crippen LogP contribution in [-0.2, 0) is 4.79 Å². The lowest BCUT2D eigenvalue weighted by atomic mass is 9.75. The van der Waals surface area contributed by atoms with E-state index >= 15 is 0 Å².